The van der Waals surface area contributed by atoms with Gasteiger partial charge >= 0.3 is 5.97 Å². The number of benzene rings is 1. The molecule has 0 heterocycles. The van der Waals surface area contributed by atoms with Gasteiger partial charge in [-0.1, -0.05) is 67.6 Å². The van der Waals surface area contributed by atoms with Crippen LogP contribution in [0.5, 0.6) is 0 Å². The zero-order valence-corrected chi connectivity index (χ0v) is 16.3. The van der Waals surface area contributed by atoms with Crippen LogP contribution in [0.1, 0.15) is 31.7 Å². The summed E-state index contributed by atoms with van der Waals surface area (Å²) >= 11 is 0. The van der Waals surface area contributed by atoms with Crippen molar-refractivity contribution in [1.82, 2.24) is 0 Å². The second-order valence-electron chi connectivity index (χ2n) is 7.54. The molecule has 1 aromatic carbocycles. The third kappa shape index (κ3) is 3.70. The summed E-state index contributed by atoms with van der Waals surface area (Å²) in [7, 11) is 0. The van der Waals surface area contributed by atoms with Crippen molar-refractivity contribution in [3.8, 4) is 0 Å². The second-order valence-corrected chi connectivity index (χ2v) is 7.54. The number of carbonyl (C=O) groups excluding carboxylic acids is 3. The first-order chi connectivity index (χ1) is 14.1. The Labute approximate surface area is 169 Å². The van der Waals surface area contributed by atoms with E-state index < -0.39 is 11.8 Å². The summed E-state index contributed by atoms with van der Waals surface area (Å²) in [6.07, 6.45) is 11.9. The molecule has 3 aliphatic rings. The Morgan fingerprint density at radius 3 is 2.59 bits per heavy atom. The lowest BCUT2D eigenvalue weighted by Gasteiger charge is -2.25. The quantitative estimate of drug-likeness (QED) is 0.440. The average molecular weight is 386 g/mol. The lowest BCUT2D eigenvalue weighted by Crippen LogP contribution is -2.30. The standard InChI is InChI=1S/C25H22O4/c1-16-12-13-19-20(14-16)24(27)22(21(23(19)26)18-10-6-3-7-11-18)25(28)29-15-17-8-4-2-5-9-17/h3-4,6-13,16H,2,5,14-15H2,1H3. The van der Waals surface area contributed by atoms with E-state index in [0.717, 1.165) is 18.4 Å². The predicted molar refractivity (Wildman–Crippen MR) is 111 cm³/mol. The minimum absolute atomic E-state index is 0.0879. The molecule has 0 aliphatic heterocycles. The predicted octanol–water partition coefficient (Wildman–Crippen LogP) is 4.30. The highest BCUT2D eigenvalue weighted by atomic mass is 16.5. The van der Waals surface area contributed by atoms with Crippen molar-refractivity contribution in [2.24, 2.45) is 5.92 Å². The monoisotopic (exact) mass is 386 g/mol. The number of allylic oxidation sites excluding steroid dienone is 7. The molecule has 1 aromatic rings. The number of rotatable bonds is 4. The molecular formula is C25H22O4. The van der Waals surface area contributed by atoms with Gasteiger partial charge in [-0.05, 0) is 36.3 Å². The van der Waals surface area contributed by atoms with Gasteiger partial charge < -0.3 is 4.74 Å². The molecular weight excluding hydrogens is 364 g/mol. The van der Waals surface area contributed by atoms with Crippen LogP contribution in [0.4, 0.5) is 0 Å². The summed E-state index contributed by atoms with van der Waals surface area (Å²) < 4.78 is 5.47. The summed E-state index contributed by atoms with van der Waals surface area (Å²) in [5, 5.41) is 0. The molecule has 1 atom stereocenters. The fourth-order valence-electron chi connectivity index (χ4n) is 3.87. The Balaban J connectivity index is 1.73. The minimum atomic E-state index is -0.740. The number of ketones is 2. The third-order valence-corrected chi connectivity index (χ3v) is 5.37. The SMILES string of the molecule is CC1C=CC2=C(C1)C(=O)C(C(=O)OCC1=CCCC=C1)=C(c1ccccc1)C2=O. The van der Waals surface area contributed by atoms with Gasteiger partial charge in [0.15, 0.2) is 11.6 Å². The van der Waals surface area contributed by atoms with Gasteiger partial charge in [0.25, 0.3) is 0 Å². The molecule has 0 N–H and O–H groups in total. The molecule has 0 bridgehead atoms. The fraction of sp³-hybridized carbons (Fsp3) is 0.240. The van der Waals surface area contributed by atoms with E-state index in [1.54, 1.807) is 30.3 Å². The van der Waals surface area contributed by atoms with Crippen molar-refractivity contribution in [3.63, 3.8) is 0 Å². The largest absolute Gasteiger partial charge is 0.457 e. The first kappa shape index (κ1) is 19.1. The van der Waals surface area contributed by atoms with Crippen LogP contribution in [0.2, 0.25) is 0 Å². The highest BCUT2D eigenvalue weighted by Gasteiger charge is 2.39. The molecule has 3 aliphatic carbocycles. The number of hydrogen-bond acceptors (Lipinski definition) is 4. The maximum absolute atomic E-state index is 13.3. The van der Waals surface area contributed by atoms with Gasteiger partial charge in [0, 0.05) is 16.7 Å². The van der Waals surface area contributed by atoms with Gasteiger partial charge in [0.2, 0.25) is 0 Å². The van der Waals surface area contributed by atoms with Crippen LogP contribution in [0.3, 0.4) is 0 Å². The van der Waals surface area contributed by atoms with Gasteiger partial charge in [-0.2, -0.15) is 0 Å². The average Bonchev–Trinajstić information content (AvgIpc) is 2.75. The summed E-state index contributed by atoms with van der Waals surface area (Å²) in [6.45, 7) is 2.07. The molecule has 146 valence electrons. The van der Waals surface area contributed by atoms with Crippen LogP contribution < -0.4 is 0 Å². The van der Waals surface area contributed by atoms with Crippen LogP contribution in [0.25, 0.3) is 5.57 Å². The second kappa shape index (κ2) is 8.00. The van der Waals surface area contributed by atoms with Gasteiger partial charge in [-0.15, -0.1) is 0 Å². The molecule has 29 heavy (non-hydrogen) atoms. The van der Waals surface area contributed by atoms with E-state index >= 15 is 0 Å². The van der Waals surface area contributed by atoms with Crippen molar-refractivity contribution in [2.75, 3.05) is 6.61 Å². The lowest BCUT2D eigenvalue weighted by atomic mass is 9.76. The van der Waals surface area contributed by atoms with Gasteiger partial charge in [-0.3, -0.25) is 9.59 Å². The zero-order valence-electron chi connectivity index (χ0n) is 16.3. The molecule has 0 saturated heterocycles. The third-order valence-electron chi connectivity index (χ3n) is 5.37. The number of esters is 1. The smallest absolute Gasteiger partial charge is 0.343 e. The van der Waals surface area contributed by atoms with Crippen LogP contribution >= 0.6 is 0 Å². The Hall–Kier alpha value is -3.27. The zero-order chi connectivity index (χ0) is 20.4. The lowest BCUT2D eigenvalue weighted by molar-refractivity contribution is -0.139. The number of carbonyl (C=O) groups is 3. The highest BCUT2D eigenvalue weighted by Crippen LogP contribution is 2.37. The number of ether oxygens (including phenoxy) is 1. The van der Waals surface area contributed by atoms with Gasteiger partial charge in [-0.25, -0.2) is 4.79 Å². The molecule has 1 unspecified atom stereocenters. The Morgan fingerprint density at radius 1 is 1.07 bits per heavy atom. The van der Waals surface area contributed by atoms with E-state index in [-0.39, 0.29) is 29.5 Å². The van der Waals surface area contributed by atoms with E-state index in [1.165, 1.54) is 0 Å². The van der Waals surface area contributed by atoms with Crippen LogP contribution in [0, 0.1) is 5.92 Å². The Morgan fingerprint density at radius 2 is 1.86 bits per heavy atom. The van der Waals surface area contributed by atoms with Crippen molar-refractivity contribution < 1.29 is 19.1 Å². The van der Waals surface area contributed by atoms with Crippen LogP contribution in [0.15, 0.2) is 83.0 Å². The van der Waals surface area contributed by atoms with E-state index in [9.17, 15) is 14.4 Å². The summed E-state index contributed by atoms with van der Waals surface area (Å²) in [4.78, 5) is 39.6. The van der Waals surface area contributed by atoms with Gasteiger partial charge in [0.05, 0.1) is 0 Å². The minimum Gasteiger partial charge on any atom is -0.457 e. The molecule has 0 amide bonds. The number of Topliss-reactive ketones (excluding diaryl/α,β-unsaturated/α-hetero) is 2. The van der Waals surface area contributed by atoms with Crippen molar-refractivity contribution in [3.05, 3.63) is 88.6 Å². The van der Waals surface area contributed by atoms with E-state index in [2.05, 4.69) is 0 Å². The first-order valence-corrected chi connectivity index (χ1v) is 9.89. The molecule has 4 rings (SSSR count). The summed E-state index contributed by atoms with van der Waals surface area (Å²) in [5.74, 6) is -1.29. The van der Waals surface area contributed by atoms with E-state index in [1.807, 2.05) is 37.3 Å². The molecule has 0 radical (unpaired) electrons. The molecule has 0 spiro atoms. The summed E-state index contributed by atoms with van der Waals surface area (Å²) in [6, 6.07) is 8.86. The first-order valence-electron chi connectivity index (χ1n) is 9.89. The maximum Gasteiger partial charge on any atom is 0.343 e. The normalized spacial score (nSPS) is 21.3. The molecule has 4 nitrogen and oxygen atoms in total. The Kier molecular flexibility index (Phi) is 5.26. The van der Waals surface area contributed by atoms with Gasteiger partial charge in [0.1, 0.15) is 12.2 Å². The van der Waals surface area contributed by atoms with Crippen LogP contribution in [-0.4, -0.2) is 24.1 Å². The van der Waals surface area contributed by atoms with E-state index in [0.29, 0.717) is 23.1 Å². The van der Waals surface area contributed by atoms with Crippen LogP contribution in [-0.2, 0) is 19.1 Å². The van der Waals surface area contributed by atoms with Crippen molar-refractivity contribution in [2.45, 2.75) is 26.2 Å². The molecule has 4 heteroatoms. The molecule has 0 aromatic heterocycles. The Bertz CT molecular complexity index is 1030. The number of hydrogen-bond donors (Lipinski definition) is 0. The fourth-order valence-corrected chi connectivity index (χ4v) is 3.87. The molecule has 0 saturated carbocycles. The highest BCUT2D eigenvalue weighted by molar-refractivity contribution is 6.46. The summed E-state index contributed by atoms with van der Waals surface area (Å²) in [5.41, 5.74) is 2.23. The molecule has 0 fully saturated rings. The van der Waals surface area contributed by atoms with E-state index in [4.69, 9.17) is 4.74 Å². The maximum atomic E-state index is 13.3. The van der Waals surface area contributed by atoms with Crippen molar-refractivity contribution in [1.29, 1.82) is 0 Å². The topological polar surface area (TPSA) is 60.4 Å². The van der Waals surface area contributed by atoms with Crippen molar-refractivity contribution >= 4 is 23.1 Å².